The van der Waals surface area contributed by atoms with Crippen molar-refractivity contribution < 1.29 is 9.59 Å². The summed E-state index contributed by atoms with van der Waals surface area (Å²) in [5.41, 5.74) is 2.29. The molecule has 0 aromatic heterocycles. The second-order valence-electron chi connectivity index (χ2n) is 4.07. The zero-order chi connectivity index (χ0) is 12.4. The first kappa shape index (κ1) is 11.4. The van der Waals surface area contributed by atoms with E-state index >= 15 is 0 Å². The van der Waals surface area contributed by atoms with E-state index in [1.165, 1.54) is 0 Å². The minimum absolute atomic E-state index is 0.0240. The highest BCUT2D eigenvalue weighted by Crippen LogP contribution is 2.24. The van der Waals surface area contributed by atoms with E-state index in [-0.39, 0.29) is 11.8 Å². The van der Waals surface area contributed by atoms with Crippen LogP contribution in [-0.4, -0.2) is 30.3 Å². The molecule has 0 saturated carbocycles. The lowest BCUT2D eigenvalue weighted by Gasteiger charge is -2.15. The molecular weight excluding hydrogens is 216 g/mol. The Hall–Kier alpha value is -2.10. The smallest absolute Gasteiger partial charge is 0.253 e. The quantitative estimate of drug-likeness (QED) is 0.799. The number of nitrogens with one attached hydrogen (secondary N) is 1. The second-order valence-corrected chi connectivity index (χ2v) is 4.07. The molecular formula is C13H14N2O2. The van der Waals surface area contributed by atoms with Crippen molar-refractivity contribution in [3.8, 4) is 0 Å². The van der Waals surface area contributed by atoms with Crippen LogP contribution >= 0.6 is 0 Å². The molecule has 0 saturated heterocycles. The van der Waals surface area contributed by atoms with Crippen LogP contribution in [-0.2, 0) is 11.2 Å². The molecule has 0 radical (unpaired) electrons. The third kappa shape index (κ3) is 2.20. The first-order valence-electron chi connectivity index (χ1n) is 5.41. The van der Waals surface area contributed by atoms with Gasteiger partial charge in [-0.25, -0.2) is 0 Å². The van der Waals surface area contributed by atoms with Gasteiger partial charge in [-0.15, -0.1) is 6.58 Å². The number of anilines is 1. The number of fused-ring (bicyclic) bond motifs is 1. The van der Waals surface area contributed by atoms with Crippen molar-refractivity contribution in [1.82, 2.24) is 4.90 Å². The number of nitrogens with zero attached hydrogens (tertiary/aromatic N) is 1. The Balaban J connectivity index is 2.24. The Morgan fingerprint density at radius 3 is 3.06 bits per heavy atom. The number of hydrogen-bond donors (Lipinski definition) is 1. The molecule has 88 valence electrons. The van der Waals surface area contributed by atoms with Crippen LogP contribution in [0.1, 0.15) is 15.9 Å². The fourth-order valence-electron chi connectivity index (χ4n) is 1.86. The van der Waals surface area contributed by atoms with Crippen LogP contribution in [0.25, 0.3) is 0 Å². The summed E-state index contributed by atoms with van der Waals surface area (Å²) < 4.78 is 0. The third-order valence-corrected chi connectivity index (χ3v) is 2.73. The van der Waals surface area contributed by atoms with E-state index in [1.54, 1.807) is 36.2 Å². The van der Waals surface area contributed by atoms with E-state index in [1.807, 2.05) is 0 Å². The van der Waals surface area contributed by atoms with Crippen LogP contribution in [0.2, 0.25) is 0 Å². The molecule has 17 heavy (non-hydrogen) atoms. The highest BCUT2D eigenvalue weighted by Gasteiger charge is 2.19. The number of likely N-dealkylation sites (N-methyl/N-ethyl adjacent to an activating group) is 1. The van der Waals surface area contributed by atoms with Crippen molar-refractivity contribution >= 4 is 17.5 Å². The molecule has 1 heterocycles. The summed E-state index contributed by atoms with van der Waals surface area (Å²) in [6.45, 7) is 4.10. The third-order valence-electron chi connectivity index (χ3n) is 2.73. The Bertz CT molecular complexity index is 494. The van der Waals surface area contributed by atoms with Crippen LogP contribution in [0.3, 0.4) is 0 Å². The van der Waals surface area contributed by atoms with E-state index < -0.39 is 0 Å². The number of amides is 2. The van der Waals surface area contributed by atoms with Gasteiger partial charge in [-0.2, -0.15) is 0 Å². The van der Waals surface area contributed by atoms with Crippen molar-refractivity contribution in [1.29, 1.82) is 0 Å². The van der Waals surface area contributed by atoms with Crippen molar-refractivity contribution in [3.63, 3.8) is 0 Å². The monoisotopic (exact) mass is 230 g/mol. The summed E-state index contributed by atoms with van der Waals surface area (Å²) in [5, 5.41) is 2.74. The van der Waals surface area contributed by atoms with Crippen LogP contribution < -0.4 is 5.32 Å². The molecule has 1 aromatic rings. The summed E-state index contributed by atoms with van der Waals surface area (Å²) in [4.78, 5) is 24.8. The molecule has 0 fully saturated rings. The lowest BCUT2D eigenvalue weighted by molar-refractivity contribution is -0.115. The van der Waals surface area contributed by atoms with Gasteiger partial charge in [0.05, 0.1) is 6.42 Å². The molecule has 0 aliphatic carbocycles. The minimum atomic E-state index is -0.0629. The van der Waals surface area contributed by atoms with Gasteiger partial charge in [-0.05, 0) is 23.8 Å². The summed E-state index contributed by atoms with van der Waals surface area (Å²) in [5.74, 6) is -0.0869. The topological polar surface area (TPSA) is 49.4 Å². The number of benzene rings is 1. The molecule has 4 heteroatoms. The van der Waals surface area contributed by atoms with Gasteiger partial charge in [0.25, 0.3) is 5.91 Å². The molecule has 0 atom stereocenters. The van der Waals surface area contributed by atoms with E-state index in [4.69, 9.17) is 0 Å². The normalized spacial score (nSPS) is 12.9. The van der Waals surface area contributed by atoms with E-state index in [9.17, 15) is 9.59 Å². The SMILES string of the molecule is C=CCN(C)C(=O)c1ccc2c(c1)CC(=O)N2. The summed E-state index contributed by atoms with van der Waals surface area (Å²) in [7, 11) is 1.72. The van der Waals surface area contributed by atoms with Gasteiger partial charge in [-0.3, -0.25) is 9.59 Å². The molecule has 1 aromatic carbocycles. The van der Waals surface area contributed by atoms with E-state index in [0.29, 0.717) is 18.5 Å². The lowest BCUT2D eigenvalue weighted by atomic mass is 10.1. The number of carbonyl (C=O) groups is 2. The highest BCUT2D eigenvalue weighted by atomic mass is 16.2. The van der Waals surface area contributed by atoms with Crippen molar-refractivity contribution in [2.24, 2.45) is 0 Å². The van der Waals surface area contributed by atoms with Crippen LogP contribution in [0.15, 0.2) is 30.9 Å². The average Bonchev–Trinajstić information content (AvgIpc) is 2.67. The Kier molecular flexibility index (Phi) is 2.95. The van der Waals surface area contributed by atoms with Gasteiger partial charge in [0.2, 0.25) is 5.91 Å². The fourth-order valence-corrected chi connectivity index (χ4v) is 1.86. The average molecular weight is 230 g/mol. The van der Waals surface area contributed by atoms with Crippen LogP contribution in [0.4, 0.5) is 5.69 Å². The molecule has 1 aliphatic rings. The number of rotatable bonds is 3. The summed E-state index contributed by atoms with van der Waals surface area (Å²) >= 11 is 0. The molecule has 2 amide bonds. The Morgan fingerprint density at radius 2 is 2.35 bits per heavy atom. The molecule has 0 unspecified atom stereocenters. The molecule has 0 bridgehead atoms. The maximum absolute atomic E-state index is 12.0. The first-order chi connectivity index (χ1) is 8.11. The van der Waals surface area contributed by atoms with Crippen LogP contribution in [0.5, 0.6) is 0 Å². The van der Waals surface area contributed by atoms with Gasteiger partial charge in [0, 0.05) is 24.8 Å². The Labute approximate surface area is 99.9 Å². The summed E-state index contributed by atoms with van der Waals surface area (Å²) in [6, 6.07) is 5.27. The summed E-state index contributed by atoms with van der Waals surface area (Å²) in [6.07, 6.45) is 2.03. The molecule has 1 N–H and O–H groups in total. The van der Waals surface area contributed by atoms with Crippen molar-refractivity contribution in [3.05, 3.63) is 42.0 Å². The van der Waals surface area contributed by atoms with Crippen molar-refractivity contribution in [2.75, 3.05) is 18.9 Å². The standard InChI is InChI=1S/C13H14N2O2/c1-3-6-15(2)13(17)9-4-5-11-10(7-9)8-12(16)14-11/h3-5,7H,1,6,8H2,2H3,(H,14,16). The van der Waals surface area contributed by atoms with Gasteiger partial charge in [-0.1, -0.05) is 6.08 Å². The maximum atomic E-state index is 12.0. The largest absolute Gasteiger partial charge is 0.338 e. The highest BCUT2D eigenvalue weighted by molar-refractivity contribution is 6.01. The molecule has 2 rings (SSSR count). The van der Waals surface area contributed by atoms with Gasteiger partial charge in [0.1, 0.15) is 0 Å². The van der Waals surface area contributed by atoms with Gasteiger partial charge >= 0.3 is 0 Å². The molecule has 1 aliphatic heterocycles. The van der Waals surface area contributed by atoms with E-state index in [2.05, 4.69) is 11.9 Å². The minimum Gasteiger partial charge on any atom is -0.338 e. The second kappa shape index (κ2) is 4.41. The molecule has 4 nitrogen and oxygen atoms in total. The predicted octanol–water partition coefficient (Wildman–Crippen LogP) is 1.44. The predicted molar refractivity (Wildman–Crippen MR) is 65.9 cm³/mol. The zero-order valence-electron chi connectivity index (χ0n) is 9.69. The first-order valence-corrected chi connectivity index (χ1v) is 5.41. The fraction of sp³-hybridized carbons (Fsp3) is 0.231. The molecule has 0 spiro atoms. The van der Waals surface area contributed by atoms with E-state index in [0.717, 1.165) is 11.3 Å². The van der Waals surface area contributed by atoms with Crippen LogP contribution in [0, 0.1) is 0 Å². The van der Waals surface area contributed by atoms with Crippen molar-refractivity contribution in [2.45, 2.75) is 6.42 Å². The Morgan fingerprint density at radius 1 is 1.59 bits per heavy atom. The maximum Gasteiger partial charge on any atom is 0.253 e. The van der Waals surface area contributed by atoms with Gasteiger partial charge < -0.3 is 10.2 Å². The zero-order valence-corrected chi connectivity index (χ0v) is 9.69. The van der Waals surface area contributed by atoms with Gasteiger partial charge in [0.15, 0.2) is 0 Å². The number of hydrogen-bond acceptors (Lipinski definition) is 2. The lowest BCUT2D eigenvalue weighted by Crippen LogP contribution is -2.26. The number of carbonyl (C=O) groups excluding carboxylic acids is 2.